The molecule has 29 heavy (non-hydrogen) atoms. The molecule has 2 fully saturated rings. The number of nitrogens with zero attached hydrogens (tertiary/aromatic N) is 1. The Labute approximate surface area is 178 Å². The number of hydrogen-bond acceptors (Lipinski definition) is 5. The highest BCUT2D eigenvalue weighted by Crippen LogP contribution is 2.31. The molecule has 9 heteroatoms. The van der Waals surface area contributed by atoms with E-state index >= 15 is 0 Å². The number of unbranched alkanes of at least 4 members (excludes halogenated alkanes) is 2. The lowest BCUT2D eigenvalue weighted by Crippen LogP contribution is -2.29. The third-order valence-corrected chi connectivity index (χ3v) is 6.94. The van der Waals surface area contributed by atoms with Crippen LogP contribution in [0.15, 0.2) is 18.2 Å². The van der Waals surface area contributed by atoms with Crippen LogP contribution in [0.25, 0.3) is 0 Å². The van der Waals surface area contributed by atoms with Gasteiger partial charge in [0.2, 0.25) is 15.9 Å². The fraction of sp³-hybridized carbons (Fsp3) is 0.650. The molecule has 1 saturated carbocycles. The second kappa shape index (κ2) is 10.1. The molecule has 1 aliphatic heterocycles. The third kappa shape index (κ3) is 7.77. The largest absolute Gasteiger partial charge is 0.493 e. The third-order valence-electron chi connectivity index (χ3n) is 5.19. The lowest BCUT2D eigenvalue weighted by molar-refractivity contribution is -0.118. The molecule has 1 aromatic carbocycles. The van der Waals surface area contributed by atoms with Gasteiger partial charge in [-0.1, -0.05) is 18.0 Å². The van der Waals surface area contributed by atoms with Crippen LogP contribution in [0.4, 0.5) is 0 Å². The maximum Gasteiger partial charge on any atom is 0.235 e. The van der Waals surface area contributed by atoms with Gasteiger partial charge < -0.3 is 10.1 Å². The van der Waals surface area contributed by atoms with E-state index in [1.54, 1.807) is 12.1 Å². The quantitative estimate of drug-likeness (QED) is 0.485. The summed E-state index contributed by atoms with van der Waals surface area (Å²) in [6.45, 7) is 4.31. The van der Waals surface area contributed by atoms with Crippen LogP contribution in [-0.2, 0) is 14.8 Å². The van der Waals surface area contributed by atoms with Crippen molar-refractivity contribution in [2.75, 3.05) is 32.1 Å². The Morgan fingerprint density at radius 1 is 1.28 bits per heavy atom. The number of carbonyl (C=O) groups excluding carboxylic acids is 1. The van der Waals surface area contributed by atoms with Crippen LogP contribution in [0, 0.1) is 5.92 Å². The molecular weight excluding hydrogens is 414 g/mol. The molecule has 1 atom stereocenters. The van der Waals surface area contributed by atoms with Gasteiger partial charge in [-0.15, -0.1) is 0 Å². The van der Waals surface area contributed by atoms with E-state index in [-0.39, 0.29) is 17.7 Å². The monoisotopic (exact) mass is 443 g/mol. The zero-order valence-corrected chi connectivity index (χ0v) is 18.4. The summed E-state index contributed by atoms with van der Waals surface area (Å²) < 4.78 is 33.4. The maximum absolute atomic E-state index is 12.4. The number of sulfonamides is 1. The van der Waals surface area contributed by atoms with E-state index in [2.05, 4.69) is 10.0 Å². The number of ether oxygens (including phenoxy) is 1. The van der Waals surface area contributed by atoms with Crippen LogP contribution >= 0.6 is 11.6 Å². The molecule has 2 aliphatic rings. The van der Waals surface area contributed by atoms with Crippen LogP contribution in [0.2, 0.25) is 5.02 Å². The van der Waals surface area contributed by atoms with E-state index in [1.165, 1.54) is 12.8 Å². The average molecular weight is 444 g/mol. The van der Waals surface area contributed by atoms with E-state index < -0.39 is 10.0 Å². The van der Waals surface area contributed by atoms with Gasteiger partial charge >= 0.3 is 0 Å². The highest BCUT2D eigenvalue weighted by molar-refractivity contribution is 7.89. The van der Waals surface area contributed by atoms with Crippen molar-refractivity contribution in [3.05, 3.63) is 28.8 Å². The Kier molecular flexibility index (Phi) is 7.79. The van der Waals surface area contributed by atoms with Crippen molar-refractivity contribution in [2.45, 2.75) is 45.1 Å². The summed E-state index contributed by atoms with van der Waals surface area (Å²) in [5.74, 6) is 1.45. The summed E-state index contributed by atoms with van der Waals surface area (Å²) in [6.07, 6.45) is 4.67. The zero-order valence-electron chi connectivity index (χ0n) is 16.8. The van der Waals surface area contributed by atoms with Crippen LogP contribution in [0.1, 0.15) is 50.6 Å². The van der Waals surface area contributed by atoms with Crippen LogP contribution in [-0.4, -0.2) is 51.3 Å². The predicted octanol–water partition coefficient (Wildman–Crippen LogP) is 2.67. The first kappa shape index (κ1) is 22.3. The first-order chi connectivity index (χ1) is 13.8. The number of rotatable bonds is 12. The number of amides is 1. The predicted molar refractivity (Wildman–Crippen MR) is 113 cm³/mol. The van der Waals surface area contributed by atoms with Gasteiger partial charge in [-0.25, -0.2) is 13.1 Å². The molecule has 1 aromatic rings. The van der Waals surface area contributed by atoms with Gasteiger partial charge in [-0.05, 0) is 62.3 Å². The molecule has 0 bridgehead atoms. The second-order valence-corrected chi connectivity index (χ2v) is 10.3. The Morgan fingerprint density at radius 3 is 2.76 bits per heavy atom. The molecule has 7 nitrogen and oxygen atoms in total. The van der Waals surface area contributed by atoms with Gasteiger partial charge in [-0.3, -0.25) is 9.69 Å². The maximum atomic E-state index is 12.4. The first-order valence-corrected chi connectivity index (χ1v) is 12.3. The molecule has 0 radical (unpaired) electrons. The molecule has 2 N–H and O–H groups in total. The fourth-order valence-electron chi connectivity index (χ4n) is 3.29. The normalized spacial score (nSPS) is 18.6. The van der Waals surface area contributed by atoms with Crippen LogP contribution < -0.4 is 14.8 Å². The molecule has 1 amide bonds. The van der Waals surface area contributed by atoms with Crippen molar-refractivity contribution in [3.8, 4) is 5.75 Å². The summed E-state index contributed by atoms with van der Waals surface area (Å²) >= 11 is 6.19. The Balaban J connectivity index is 1.42. The Morgan fingerprint density at radius 2 is 2.07 bits per heavy atom. The second-order valence-electron chi connectivity index (χ2n) is 8.00. The standard InChI is InChI=1S/C20H30ClN3O4S/c1-15(17-9-18(21)11-19(10-17)28-13-16-5-6-16)23-29(26,27)8-4-2-3-7-24-12-20(25)22-14-24/h9-11,15-16,23H,2-8,12-14H2,1H3,(H,22,25)/t15-/m1/s1. The zero-order chi connectivity index (χ0) is 20.9. The molecular formula is C20H30ClN3O4S. The van der Waals surface area contributed by atoms with Gasteiger partial charge in [0.15, 0.2) is 0 Å². The van der Waals surface area contributed by atoms with Gasteiger partial charge in [0.25, 0.3) is 0 Å². The highest BCUT2D eigenvalue weighted by atomic mass is 35.5. The van der Waals surface area contributed by atoms with E-state index in [1.807, 2.05) is 17.9 Å². The minimum Gasteiger partial charge on any atom is -0.493 e. The Bertz CT molecular complexity index is 814. The van der Waals surface area contributed by atoms with Gasteiger partial charge in [0.05, 0.1) is 25.6 Å². The summed E-state index contributed by atoms with van der Waals surface area (Å²) in [7, 11) is -3.39. The van der Waals surface area contributed by atoms with Crippen molar-refractivity contribution < 1.29 is 17.9 Å². The highest BCUT2D eigenvalue weighted by Gasteiger charge is 2.22. The molecule has 3 rings (SSSR count). The smallest absolute Gasteiger partial charge is 0.235 e. The average Bonchev–Trinajstić information content (AvgIpc) is 3.39. The first-order valence-electron chi connectivity index (χ1n) is 10.2. The summed E-state index contributed by atoms with van der Waals surface area (Å²) in [4.78, 5) is 13.2. The van der Waals surface area contributed by atoms with E-state index in [4.69, 9.17) is 16.3 Å². The summed E-state index contributed by atoms with van der Waals surface area (Å²) in [5.41, 5.74) is 0.790. The lowest BCUT2D eigenvalue weighted by atomic mass is 10.1. The lowest BCUT2D eigenvalue weighted by Gasteiger charge is -2.17. The Hall–Kier alpha value is -1.35. The van der Waals surface area contributed by atoms with Crippen molar-refractivity contribution in [1.29, 1.82) is 0 Å². The van der Waals surface area contributed by atoms with Crippen molar-refractivity contribution in [1.82, 2.24) is 14.9 Å². The SMILES string of the molecule is C[C@@H](NS(=O)(=O)CCCCCN1CNC(=O)C1)c1cc(Cl)cc(OCC2CC2)c1. The topological polar surface area (TPSA) is 87.7 Å². The van der Waals surface area contributed by atoms with E-state index in [9.17, 15) is 13.2 Å². The molecule has 0 unspecified atom stereocenters. The minimum absolute atomic E-state index is 0.0490. The molecule has 162 valence electrons. The van der Waals surface area contributed by atoms with Crippen molar-refractivity contribution in [2.24, 2.45) is 5.92 Å². The van der Waals surface area contributed by atoms with E-state index in [0.29, 0.717) is 42.9 Å². The number of benzene rings is 1. The van der Waals surface area contributed by atoms with Gasteiger partial charge in [-0.2, -0.15) is 0 Å². The molecule has 1 heterocycles. The molecule has 0 aromatic heterocycles. The number of carbonyl (C=O) groups is 1. The van der Waals surface area contributed by atoms with Crippen LogP contribution in [0.3, 0.4) is 0 Å². The minimum atomic E-state index is -3.39. The van der Waals surface area contributed by atoms with Crippen LogP contribution in [0.5, 0.6) is 5.75 Å². The summed E-state index contributed by atoms with van der Waals surface area (Å²) in [5, 5.41) is 3.30. The van der Waals surface area contributed by atoms with Gasteiger partial charge in [0, 0.05) is 17.6 Å². The fourth-order valence-corrected chi connectivity index (χ4v) is 4.90. The molecule has 0 spiro atoms. The molecule has 1 aliphatic carbocycles. The van der Waals surface area contributed by atoms with Gasteiger partial charge in [0.1, 0.15) is 5.75 Å². The summed E-state index contributed by atoms with van der Waals surface area (Å²) in [6, 6.07) is 5.00. The van der Waals surface area contributed by atoms with Crippen molar-refractivity contribution in [3.63, 3.8) is 0 Å². The van der Waals surface area contributed by atoms with Crippen molar-refractivity contribution >= 4 is 27.5 Å². The number of nitrogens with one attached hydrogen (secondary N) is 2. The molecule has 1 saturated heterocycles. The number of hydrogen-bond donors (Lipinski definition) is 2. The van der Waals surface area contributed by atoms with E-state index in [0.717, 1.165) is 24.9 Å². The number of halogens is 1.